The van der Waals surface area contributed by atoms with Gasteiger partial charge in [0.2, 0.25) is 5.70 Å². The van der Waals surface area contributed by atoms with Gasteiger partial charge >= 0.3 is 5.97 Å². The highest BCUT2D eigenvalue weighted by Gasteiger charge is 2.38. The summed E-state index contributed by atoms with van der Waals surface area (Å²) < 4.78 is 5.01. The lowest BCUT2D eigenvalue weighted by Crippen LogP contribution is -2.51. The van der Waals surface area contributed by atoms with Gasteiger partial charge in [-0.1, -0.05) is 0 Å². The topological polar surface area (TPSA) is 84.7 Å². The molecule has 22 heavy (non-hydrogen) atoms. The molecule has 1 aliphatic heterocycles. The van der Waals surface area contributed by atoms with E-state index in [2.05, 4.69) is 10.2 Å². The minimum absolute atomic E-state index is 0.116. The van der Waals surface area contributed by atoms with Crippen LogP contribution in [0.25, 0.3) is 0 Å². The van der Waals surface area contributed by atoms with E-state index in [4.69, 9.17) is 4.74 Å². The summed E-state index contributed by atoms with van der Waals surface area (Å²) in [5.41, 5.74) is 1.31. The molecule has 3 atom stereocenters. The van der Waals surface area contributed by atoms with Crippen LogP contribution in [-0.2, 0) is 9.53 Å². The van der Waals surface area contributed by atoms with Crippen LogP contribution in [0, 0.1) is 16.0 Å². The molecule has 0 radical (unpaired) electrons. The maximum atomic E-state index is 11.0. The van der Waals surface area contributed by atoms with Crippen molar-refractivity contribution in [3.63, 3.8) is 0 Å². The van der Waals surface area contributed by atoms with E-state index >= 15 is 0 Å². The molecule has 1 N–H and O–H groups in total. The second kappa shape index (κ2) is 6.91. The van der Waals surface area contributed by atoms with Crippen molar-refractivity contribution in [2.24, 2.45) is 5.92 Å². The third-order valence-electron chi connectivity index (χ3n) is 4.31. The summed E-state index contributed by atoms with van der Waals surface area (Å²) in [4.78, 5) is 23.7. The second-order valence-corrected chi connectivity index (χ2v) is 6.08. The van der Waals surface area contributed by atoms with Crippen LogP contribution in [0.1, 0.15) is 26.2 Å². The summed E-state index contributed by atoms with van der Waals surface area (Å²) in [6.07, 6.45) is 5.47. The van der Waals surface area contributed by atoms with Crippen LogP contribution in [0.5, 0.6) is 0 Å². The van der Waals surface area contributed by atoms with E-state index < -0.39 is 0 Å². The molecule has 122 valence electrons. The van der Waals surface area contributed by atoms with E-state index in [-0.39, 0.29) is 34.6 Å². The maximum Gasteiger partial charge on any atom is 0.302 e. The Hall–Kier alpha value is -1.89. The lowest BCUT2D eigenvalue weighted by atomic mass is 9.80. The lowest BCUT2D eigenvalue weighted by molar-refractivity contribution is -0.429. The largest absolute Gasteiger partial charge is 0.466 e. The van der Waals surface area contributed by atoms with Gasteiger partial charge in [-0.25, -0.2) is 0 Å². The van der Waals surface area contributed by atoms with Crippen LogP contribution in [0.3, 0.4) is 0 Å². The Morgan fingerprint density at radius 2 is 2.23 bits per heavy atom. The number of piperidine rings is 1. The Balaban J connectivity index is 2.08. The van der Waals surface area contributed by atoms with Crippen molar-refractivity contribution >= 4 is 5.97 Å². The zero-order valence-corrected chi connectivity index (χ0v) is 13.2. The number of ether oxygens (including phenoxy) is 1. The quantitative estimate of drug-likeness (QED) is 0.468. The van der Waals surface area contributed by atoms with Crippen LogP contribution in [0.4, 0.5) is 0 Å². The highest BCUT2D eigenvalue weighted by Crippen LogP contribution is 2.35. The summed E-state index contributed by atoms with van der Waals surface area (Å²) in [5, 5.41) is 14.4. The number of carbonyl (C=O) groups excluding carboxylic acids is 1. The molecule has 2 aliphatic rings. The number of nitro groups is 1. The van der Waals surface area contributed by atoms with E-state index in [1.165, 1.54) is 6.92 Å². The fourth-order valence-corrected chi connectivity index (χ4v) is 3.20. The first-order valence-electron chi connectivity index (χ1n) is 7.50. The maximum absolute atomic E-state index is 11.0. The molecule has 0 bridgehead atoms. The summed E-state index contributed by atoms with van der Waals surface area (Å²) in [6, 6.07) is 0.443. The first-order chi connectivity index (χ1) is 10.4. The van der Waals surface area contributed by atoms with Crippen molar-refractivity contribution in [1.29, 1.82) is 0 Å². The average Bonchev–Trinajstić information content (AvgIpc) is 2.45. The molecular weight excluding hydrogens is 286 g/mol. The van der Waals surface area contributed by atoms with Crippen molar-refractivity contribution in [2.45, 2.75) is 38.3 Å². The summed E-state index contributed by atoms with van der Waals surface area (Å²) in [6.45, 7) is 1.79. The van der Waals surface area contributed by atoms with E-state index in [0.29, 0.717) is 13.0 Å². The summed E-state index contributed by atoms with van der Waals surface area (Å²) >= 11 is 0. The molecule has 1 fully saturated rings. The van der Waals surface area contributed by atoms with Gasteiger partial charge in [0.1, 0.15) is 0 Å². The first-order valence-corrected chi connectivity index (χ1v) is 7.50. The predicted molar refractivity (Wildman–Crippen MR) is 81.5 cm³/mol. The molecule has 0 aromatic heterocycles. The zero-order chi connectivity index (χ0) is 16.3. The van der Waals surface area contributed by atoms with Crippen molar-refractivity contribution in [3.8, 4) is 0 Å². The number of fused-ring (bicyclic) bond motifs is 1. The van der Waals surface area contributed by atoms with Gasteiger partial charge in [0.25, 0.3) is 0 Å². The van der Waals surface area contributed by atoms with E-state index in [1.54, 1.807) is 6.08 Å². The second-order valence-electron chi connectivity index (χ2n) is 6.08. The van der Waals surface area contributed by atoms with Crippen LogP contribution in [0.2, 0.25) is 0 Å². The molecule has 1 heterocycles. The van der Waals surface area contributed by atoms with Gasteiger partial charge in [-0.05, 0) is 26.6 Å². The van der Waals surface area contributed by atoms with Crippen LogP contribution in [-0.4, -0.2) is 48.6 Å². The summed E-state index contributed by atoms with van der Waals surface area (Å²) in [7, 11) is 4.00. The van der Waals surface area contributed by atoms with Crippen molar-refractivity contribution in [2.75, 3.05) is 20.7 Å². The molecule has 0 saturated carbocycles. The van der Waals surface area contributed by atoms with Gasteiger partial charge in [-0.2, -0.15) is 0 Å². The third-order valence-corrected chi connectivity index (χ3v) is 4.31. The van der Waals surface area contributed by atoms with Gasteiger partial charge in [0.15, 0.2) is 0 Å². The Morgan fingerprint density at radius 3 is 2.82 bits per heavy atom. The molecule has 7 nitrogen and oxygen atoms in total. The standard InChI is InChI=1S/C15H23N3O4/c1-10(19)22-7-6-11-8-15(17(2)3)13-9-12(18(20)21)4-5-14(13)16-11/h4-5,11,13,15-16H,6-9H2,1-3H3. The minimum Gasteiger partial charge on any atom is -0.466 e. The highest BCUT2D eigenvalue weighted by molar-refractivity contribution is 5.65. The molecular formula is C15H23N3O4. The first kappa shape index (κ1) is 16.5. The number of carbonyl (C=O) groups is 1. The lowest BCUT2D eigenvalue weighted by Gasteiger charge is -2.43. The number of nitrogens with one attached hydrogen (secondary N) is 1. The predicted octanol–water partition coefficient (Wildman–Crippen LogP) is 1.30. The van der Waals surface area contributed by atoms with Crippen LogP contribution >= 0.6 is 0 Å². The molecule has 0 aromatic rings. The van der Waals surface area contributed by atoms with Gasteiger partial charge in [-0.3, -0.25) is 14.9 Å². The molecule has 0 amide bonds. The monoisotopic (exact) mass is 309 g/mol. The van der Waals surface area contributed by atoms with Crippen LogP contribution in [0.15, 0.2) is 23.5 Å². The fraction of sp³-hybridized carbons (Fsp3) is 0.667. The van der Waals surface area contributed by atoms with Gasteiger partial charge in [0, 0.05) is 49.5 Å². The molecule has 0 aromatic carbocycles. The van der Waals surface area contributed by atoms with E-state index in [1.807, 2.05) is 20.2 Å². The molecule has 7 heteroatoms. The highest BCUT2D eigenvalue weighted by atomic mass is 16.6. The van der Waals surface area contributed by atoms with Gasteiger partial charge < -0.3 is 15.0 Å². The molecule has 0 spiro atoms. The number of esters is 1. The Bertz CT molecular complexity index is 513. The normalized spacial score (nSPS) is 27.4. The minimum atomic E-state index is -0.299. The van der Waals surface area contributed by atoms with Crippen LogP contribution < -0.4 is 5.32 Å². The number of hydrogen-bond acceptors (Lipinski definition) is 6. The van der Waals surface area contributed by atoms with Crippen molar-refractivity contribution in [3.05, 3.63) is 33.7 Å². The van der Waals surface area contributed by atoms with Crippen molar-refractivity contribution in [1.82, 2.24) is 10.2 Å². The Morgan fingerprint density at radius 1 is 1.50 bits per heavy atom. The van der Waals surface area contributed by atoms with E-state index in [0.717, 1.165) is 18.5 Å². The average molecular weight is 309 g/mol. The molecule has 2 rings (SSSR count). The Kier molecular flexibility index (Phi) is 5.18. The fourth-order valence-electron chi connectivity index (χ4n) is 3.20. The van der Waals surface area contributed by atoms with Gasteiger partial charge in [-0.15, -0.1) is 0 Å². The number of hydrogen-bond donors (Lipinski definition) is 1. The van der Waals surface area contributed by atoms with E-state index in [9.17, 15) is 14.9 Å². The number of rotatable bonds is 5. The molecule has 1 saturated heterocycles. The third kappa shape index (κ3) is 3.85. The SMILES string of the molecule is CC(=O)OCCC1CC(N(C)C)C2CC([N+](=O)[O-])=CC=C2N1. The number of allylic oxidation sites excluding steroid dienone is 3. The van der Waals surface area contributed by atoms with Crippen molar-refractivity contribution < 1.29 is 14.5 Å². The molecule has 3 unspecified atom stereocenters. The zero-order valence-electron chi connectivity index (χ0n) is 13.2. The smallest absolute Gasteiger partial charge is 0.302 e. The Labute approximate surface area is 130 Å². The van der Waals surface area contributed by atoms with Gasteiger partial charge in [0.05, 0.1) is 11.5 Å². The molecule has 1 aliphatic carbocycles. The number of nitrogens with zero attached hydrogens (tertiary/aromatic N) is 2. The summed E-state index contributed by atoms with van der Waals surface area (Å²) in [5.74, 6) is -0.154.